The number of sulfone groups is 1. The predicted molar refractivity (Wildman–Crippen MR) is 93.8 cm³/mol. The number of anilines is 1. The molecule has 0 saturated carbocycles. The van der Waals surface area contributed by atoms with Crippen LogP contribution in [0, 0.1) is 0 Å². The van der Waals surface area contributed by atoms with Gasteiger partial charge < -0.3 is 14.4 Å². The molecule has 0 bridgehead atoms. The Morgan fingerprint density at radius 2 is 2.09 bits per heavy atom. The molecule has 2 aliphatic rings. The van der Waals surface area contributed by atoms with E-state index in [-0.39, 0.29) is 23.6 Å². The molecule has 1 saturated heterocycles. The van der Waals surface area contributed by atoms with Gasteiger partial charge in [-0.05, 0) is 17.9 Å². The number of amidine groups is 1. The van der Waals surface area contributed by atoms with Crippen molar-refractivity contribution in [2.24, 2.45) is 4.99 Å². The number of hydrogen-bond acceptors (Lipinski definition) is 7. The van der Waals surface area contributed by atoms with Crippen LogP contribution < -0.4 is 14.4 Å². The number of aliphatic imine (C=N–C) groups is 1. The van der Waals surface area contributed by atoms with E-state index in [4.69, 9.17) is 9.47 Å². The lowest BCUT2D eigenvalue weighted by Gasteiger charge is -2.28. The number of benzene rings is 1. The zero-order valence-electron chi connectivity index (χ0n) is 13.4. The van der Waals surface area contributed by atoms with Crippen molar-refractivity contribution in [2.75, 3.05) is 36.4 Å². The van der Waals surface area contributed by atoms with E-state index in [1.54, 1.807) is 32.0 Å². The summed E-state index contributed by atoms with van der Waals surface area (Å²) in [6.07, 6.45) is 0. The van der Waals surface area contributed by atoms with Crippen LogP contribution in [-0.2, 0) is 9.84 Å². The van der Waals surface area contributed by atoms with Crippen molar-refractivity contribution < 1.29 is 17.9 Å². The molecule has 0 aliphatic carbocycles. The molecule has 0 amide bonds. The highest BCUT2D eigenvalue weighted by Crippen LogP contribution is 2.40. The molecule has 2 heterocycles. The van der Waals surface area contributed by atoms with Crippen LogP contribution in [0.3, 0.4) is 0 Å². The lowest BCUT2D eigenvalue weighted by atomic mass is 10.1. The van der Waals surface area contributed by atoms with Crippen LogP contribution in [-0.4, -0.2) is 57.1 Å². The van der Waals surface area contributed by atoms with Gasteiger partial charge in [0, 0.05) is 6.07 Å². The topological polar surface area (TPSA) is 68.2 Å². The monoisotopic (exact) mass is 356 g/mol. The van der Waals surface area contributed by atoms with Crippen LogP contribution >= 0.6 is 11.8 Å². The van der Waals surface area contributed by atoms with Crippen molar-refractivity contribution in [1.29, 1.82) is 0 Å². The van der Waals surface area contributed by atoms with Gasteiger partial charge in [0.15, 0.2) is 15.0 Å². The minimum absolute atomic E-state index is 0.125. The summed E-state index contributed by atoms with van der Waals surface area (Å²) >= 11 is 1.62. The van der Waals surface area contributed by atoms with Crippen molar-refractivity contribution in [3.05, 3.63) is 18.2 Å². The average molecular weight is 356 g/mol. The molecule has 0 N–H and O–H groups in total. The molecular formula is C15H20N2O4S2. The van der Waals surface area contributed by atoms with E-state index < -0.39 is 9.84 Å². The summed E-state index contributed by atoms with van der Waals surface area (Å²) < 4.78 is 34.7. The predicted octanol–water partition coefficient (Wildman–Crippen LogP) is 1.80. The quantitative estimate of drug-likeness (QED) is 0.819. The van der Waals surface area contributed by atoms with Gasteiger partial charge >= 0.3 is 0 Å². The van der Waals surface area contributed by atoms with Gasteiger partial charge in [0.1, 0.15) is 11.5 Å². The third-order valence-corrected chi connectivity index (χ3v) is 6.58. The van der Waals surface area contributed by atoms with Crippen LogP contribution in [0.1, 0.15) is 6.92 Å². The van der Waals surface area contributed by atoms with E-state index in [2.05, 4.69) is 11.9 Å². The van der Waals surface area contributed by atoms with E-state index in [1.165, 1.54) is 0 Å². The number of rotatable bonds is 4. The highest BCUT2D eigenvalue weighted by atomic mass is 32.2. The molecule has 1 fully saturated rings. The van der Waals surface area contributed by atoms with E-state index in [0.29, 0.717) is 11.5 Å². The number of ether oxygens (including phenoxy) is 2. The zero-order valence-corrected chi connectivity index (χ0v) is 15.0. The number of hydrogen-bond donors (Lipinski definition) is 0. The summed E-state index contributed by atoms with van der Waals surface area (Å²) in [5.74, 6) is 2.48. The molecule has 2 atom stereocenters. The van der Waals surface area contributed by atoms with E-state index in [9.17, 15) is 8.42 Å². The molecule has 8 heteroatoms. The largest absolute Gasteiger partial charge is 0.497 e. The maximum atomic E-state index is 12.0. The van der Waals surface area contributed by atoms with E-state index >= 15 is 0 Å². The van der Waals surface area contributed by atoms with Crippen LogP contribution in [0.5, 0.6) is 11.5 Å². The Labute approximate surface area is 140 Å². The van der Waals surface area contributed by atoms with E-state index in [1.807, 2.05) is 17.0 Å². The Morgan fingerprint density at radius 1 is 1.30 bits per heavy atom. The Hall–Kier alpha value is -1.41. The number of methoxy groups -OCH3 is 2. The highest BCUT2D eigenvalue weighted by Gasteiger charge is 2.47. The maximum Gasteiger partial charge on any atom is 0.164 e. The lowest BCUT2D eigenvalue weighted by molar-refractivity contribution is 0.394. The van der Waals surface area contributed by atoms with Crippen molar-refractivity contribution in [2.45, 2.75) is 19.0 Å². The van der Waals surface area contributed by atoms with Crippen LogP contribution in [0.25, 0.3) is 0 Å². The first-order valence-electron chi connectivity index (χ1n) is 7.41. The molecule has 1 aromatic rings. The Kier molecular flexibility index (Phi) is 4.46. The molecule has 0 radical (unpaired) electrons. The minimum Gasteiger partial charge on any atom is -0.497 e. The summed E-state index contributed by atoms with van der Waals surface area (Å²) in [6, 6.07) is 5.21. The molecule has 0 unspecified atom stereocenters. The maximum absolute atomic E-state index is 12.0. The summed E-state index contributed by atoms with van der Waals surface area (Å²) in [7, 11) is 0.158. The third kappa shape index (κ3) is 3.01. The molecule has 0 spiro atoms. The second-order valence-electron chi connectivity index (χ2n) is 5.46. The first-order valence-corrected chi connectivity index (χ1v) is 10.2. The fraction of sp³-hybridized carbons (Fsp3) is 0.533. The molecule has 23 heavy (non-hydrogen) atoms. The van der Waals surface area contributed by atoms with Gasteiger partial charge in [-0.2, -0.15) is 0 Å². The normalized spacial score (nSPS) is 25.2. The number of thioether (sulfide) groups is 1. The SMILES string of the molecule is CCSC1=N[C@@H]2CS(=O)(=O)C[C@@H]2N1c1ccc(OC)cc1OC. The van der Waals surface area contributed by atoms with Crippen molar-refractivity contribution >= 4 is 32.5 Å². The highest BCUT2D eigenvalue weighted by molar-refractivity contribution is 8.14. The van der Waals surface area contributed by atoms with Crippen molar-refractivity contribution in [1.82, 2.24) is 0 Å². The summed E-state index contributed by atoms with van der Waals surface area (Å²) in [5.41, 5.74) is 0.831. The summed E-state index contributed by atoms with van der Waals surface area (Å²) in [4.78, 5) is 6.67. The van der Waals surface area contributed by atoms with Crippen LogP contribution in [0.4, 0.5) is 5.69 Å². The smallest absolute Gasteiger partial charge is 0.164 e. The first-order chi connectivity index (χ1) is 11.0. The van der Waals surface area contributed by atoms with Gasteiger partial charge in [-0.25, -0.2) is 8.42 Å². The Morgan fingerprint density at radius 3 is 2.74 bits per heavy atom. The van der Waals surface area contributed by atoms with E-state index in [0.717, 1.165) is 16.6 Å². The molecule has 1 aromatic carbocycles. The van der Waals surface area contributed by atoms with Gasteiger partial charge in [0.2, 0.25) is 0 Å². The molecule has 6 nitrogen and oxygen atoms in total. The van der Waals surface area contributed by atoms with Gasteiger partial charge in [0.25, 0.3) is 0 Å². The molecule has 126 valence electrons. The molecule has 3 rings (SSSR count). The second-order valence-corrected chi connectivity index (χ2v) is 8.85. The molecule has 0 aromatic heterocycles. The van der Waals surface area contributed by atoms with Gasteiger partial charge in [0.05, 0.1) is 43.5 Å². The van der Waals surface area contributed by atoms with Gasteiger partial charge in [-0.3, -0.25) is 4.99 Å². The summed E-state index contributed by atoms with van der Waals surface area (Å²) in [6.45, 7) is 2.06. The molecular weight excluding hydrogens is 336 g/mol. The number of fused-ring (bicyclic) bond motifs is 1. The Balaban J connectivity index is 2.04. The van der Waals surface area contributed by atoms with Crippen LogP contribution in [0.2, 0.25) is 0 Å². The fourth-order valence-corrected chi connectivity index (χ4v) is 5.71. The Bertz CT molecular complexity index is 733. The fourth-order valence-electron chi connectivity index (χ4n) is 3.03. The standard InChI is InChI=1S/C15H20N2O4S2/c1-4-22-15-16-11-8-23(18,19)9-13(11)17(15)12-6-5-10(20-2)7-14(12)21-3/h5-7,11,13H,4,8-9H2,1-3H3/t11-,13+/m1/s1. The van der Waals surface area contributed by atoms with Gasteiger partial charge in [-0.1, -0.05) is 18.7 Å². The lowest BCUT2D eigenvalue weighted by Crippen LogP contribution is -2.39. The van der Waals surface area contributed by atoms with Crippen molar-refractivity contribution in [3.63, 3.8) is 0 Å². The first kappa shape index (κ1) is 16.4. The second kappa shape index (κ2) is 6.24. The number of nitrogens with zero attached hydrogens (tertiary/aromatic N) is 2. The van der Waals surface area contributed by atoms with Gasteiger partial charge in [-0.15, -0.1) is 0 Å². The van der Waals surface area contributed by atoms with Crippen LogP contribution in [0.15, 0.2) is 23.2 Å². The zero-order chi connectivity index (χ0) is 16.6. The van der Waals surface area contributed by atoms with Crippen molar-refractivity contribution in [3.8, 4) is 11.5 Å². The molecule has 2 aliphatic heterocycles. The minimum atomic E-state index is -3.04. The average Bonchev–Trinajstić information content (AvgIpc) is 2.98. The summed E-state index contributed by atoms with van der Waals surface area (Å²) in [5, 5.41) is 0.862. The third-order valence-electron chi connectivity index (χ3n) is 4.03.